The molecule has 0 amide bonds. The monoisotopic (exact) mass is 510 g/mol. The van der Waals surface area contributed by atoms with Crippen LogP contribution in [0.1, 0.15) is 33.6 Å². The van der Waals surface area contributed by atoms with Gasteiger partial charge in [-0.25, -0.2) is 0 Å². The molecule has 0 aliphatic rings. The normalized spacial score (nSPS) is 9.85. The van der Waals surface area contributed by atoms with Crippen LogP contribution in [0.5, 0.6) is 0 Å². The largest absolute Gasteiger partial charge is 0.265 e. The zero-order chi connectivity index (χ0) is 26.8. The molecule has 6 heteroatoms. The van der Waals surface area contributed by atoms with Crippen LogP contribution in [-0.4, -0.2) is 29.9 Å². The first kappa shape index (κ1) is 26.9. The molecular weight excluding hydrogens is 480 g/mol. The van der Waals surface area contributed by atoms with Gasteiger partial charge in [-0.2, -0.15) is 0 Å². The summed E-state index contributed by atoms with van der Waals surface area (Å²) in [4.78, 5) is 24.5. The maximum absolute atomic E-state index is 4.23. The van der Waals surface area contributed by atoms with Gasteiger partial charge in [0.2, 0.25) is 0 Å². The van der Waals surface area contributed by atoms with Crippen molar-refractivity contribution >= 4 is 0 Å². The quantitative estimate of drug-likeness (QED) is 0.265. The van der Waals surface area contributed by atoms with Crippen molar-refractivity contribution < 1.29 is 0 Å². The van der Waals surface area contributed by atoms with E-state index in [9.17, 15) is 0 Å². The van der Waals surface area contributed by atoms with E-state index in [4.69, 9.17) is 0 Å². The Morgan fingerprint density at radius 3 is 1.18 bits per heavy atom. The summed E-state index contributed by atoms with van der Waals surface area (Å²) in [5, 5.41) is 0. The van der Waals surface area contributed by atoms with E-state index >= 15 is 0 Å². The van der Waals surface area contributed by atoms with Crippen molar-refractivity contribution in [2.24, 2.45) is 0 Å². The number of rotatable bonds is 6. The minimum absolute atomic E-state index is 0.807. The minimum atomic E-state index is 0.807. The van der Waals surface area contributed by atoms with Gasteiger partial charge in [-0.1, -0.05) is 24.3 Å². The van der Waals surface area contributed by atoms with Gasteiger partial charge in [-0.05, 0) is 89.3 Å². The van der Waals surface area contributed by atoms with Crippen molar-refractivity contribution in [3.05, 3.63) is 181 Å². The number of hydrogen-bond donors (Lipinski definition) is 0. The molecule has 6 heterocycles. The first-order valence-electron chi connectivity index (χ1n) is 12.7. The SMILES string of the molecule is c1cc(Cc2ccncc2)ccn1.c1ccc(Cc2ccccn2)nc1.c1cncc(Cc2cccnc2)c1. The lowest BCUT2D eigenvalue weighted by Crippen LogP contribution is -1.92. The molecule has 0 saturated heterocycles. The van der Waals surface area contributed by atoms with Gasteiger partial charge >= 0.3 is 0 Å². The molecule has 6 aromatic heterocycles. The summed E-state index contributed by atoms with van der Waals surface area (Å²) in [6.07, 6.45) is 20.9. The second-order valence-corrected chi connectivity index (χ2v) is 8.61. The highest BCUT2D eigenvalue weighted by atomic mass is 14.7. The van der Waals surface area contributed by atoms with Gasteiger partial charge in [-0.3, -0.25) is 29.9 Å². The van der Waals surface area contributed by atoms with Gasteiger partial charge in [0.1, 0.15) is 0 Å². The smallest absolute Gasteiger partial charge is 0.0463 e. The van der Waals surface area contributed by atoms with Gasteiger partial charge in [0, 0.05) is 86.2 Å². The average molecular weight is 511 g/mol. The van der Waals surface area contributed by atoms with Crippen LogP contribution in [0.3, 0.4) is 0 Å². The van der Waals surface area contributed by atoms with Crippen molar-refractivity contribution in [1.82, 2.24) is 29.9 Å². The summed E-state index contributed by atoms with van der Waals surface area (Å²) >= 11 is 0. The van der Waals surface area contributed by atoms with E-state index in [1.807, 2.05) is 110 Å². The molecule has 0 aromatic carbocycles. The van der Waals surface area contributed by atoms with Crippen LogP contribution >= 0.6 is 0 Å². The molecule has 0 radical (unpaired) electrons. The maximum Gasteiger partial charge on any atom is 0.0463 e. The molecule has 0 bridgehead atoms. The topological polar surface area (TPSA) is 77.3 Å². The Bertz CT molecular complexity index is 1140. The second-order valence-electron chi connectivity index (χ2n) is 8.61. The molecule has 0 aliphatic carbocycles. The van der Waals surface area contributed by atoms with E-state index < -0.39 is 0 Å². The molecule has 0 aliphatic heterocycles. The Morgan fingerprint density at radius 2 is 0.795 bits per heavy atom. The van der Waals surface area contributed by atoms with Gasteiger partial charge in [0.15, 0.2) is 0 Å². The Morgan fingerprint density at radius 1 is 0.333 bits per heavy atom. The molecule has 0 spiro atoms. The fourth-order valence-corrected chi connectivity index (χ4v) is 3.67. The first-order chi connectivity index (χ1) is 19.3. The second kappa shape index (κ2) is 15.9. The maximum atomic E-state index is 4.23. The van der Waals surface area contributed by atoms with E-state index in [0.29, 0.717) is 0 Å². The third-order valence-corrected chi connectivity index (χ3v) is 5.58. The van der Waals surface area contributed by atoms with Crippen LogP contribution in [0, 0.1) is 0 Å². The zero-order valence-electron chi connectivity index (χ0n) is 21.7. The molecule has 192 valence electrons. The molecule has 0 saturated carbocycles. The van der Waals surface area contributed by atoms with Crippen LogP contribution in [0.15, 0.2) is 147 Å². The zero-order valence-corrected chi connectivity index (χ0v) is 21.7. The summed E-state index contributed by atoms with van der Waals surface area (Å²) in [5.74, 6) is 0. The lowest BCUT2D eigenvalue weighted by molar-refractivity contribution is 1.01. The van der Waals surface area contributed by atoms with Crippen LogP contribution < -0.4 is 0 Å². The minimum Gasteiger partial charge on any atom is -0.265 e. The highest BCUT2D eigenvalue weighted by molar-refractivity contribution is 5.22. The third kappa shape index (κ3) is 10.4. The Labute approximate surface area is 229 Å². The van der Waals surface area contributed by atoms with Crippen molar-refractivity contribution in [2.45, 2.75) is 19.3 Å². The molecule has 39 heavy (non-hydrogen) atoms. The summed E-state index contributed by atoms with van der Waals surface area (Å²) in [5.41, 5.74) is 7.11. The molecule has 0 unspecified atom stereocenters. The lowest BCUT2D eigenvalue weighted by atomic mass is 10.1. The standard InChI is InChI=1S/3C11H10N2/c1-5-12-6-2-10(1)9-11-3-7-13-8-4-11;1-3-10(8-12-5-1)7-11-4-2-6-13-9-11;1-3-7-12-10(5-1)9-11-6-2-4-8-13-11/h1-8H,9H2;1-6,8-9H,7H2;1-8H,9H2. The molecule has 0 N–H and O–H groups in total. The van der Waals surface area contributed by atoms with Gasteiger partial charge in [0.25, 0.3) is 0 Å². The van der Waals surface area contributed by atoms with Gasteiger partial charge in [0.05, 0.1) is 0 Å². The predicted octanol–water partition coefficient (Wildman–Crippen LogP) is 6.20. The summed E-state index contributed by atoms with van der Waals surface area (Å²) in [6, 6.07) is 28.0. The van der Waals surface area contributed by atoms with E-state index in [-0.39, 0.29) is 0 Å². The third-order valence-electron chi connectivity index (χ3n) is 5.58. The van der Waals surface area contributed by atoms with Crippen molar-refractivity contribution in [1.29, 1.82) is 0 Å². The highest BCUT2D eigenvalue weighted by Gasteiger charge is 1.96. The Hall–Kier alpha value is -5.10. The number of pyridine rings is 6. The van der Waals surface area contributed by atoms with E-state index in [2.05, 4.69) is 42.0 Å². The molecular formula is C33H30N6. The number of nitrogens with zero attached hydrogens (tertiary/aromatic N) is 6. The Kier molecular flexibility index (Phi) is 11.0. The van der Waals surface area contributed by atoms with Crippen LogP contribution in [0.2, 0.25) is 0 Å². The van der Waals surface area contributed by atoms with Crippen LogP contribution in [-0.2, 0) is 19.3 Å². The number of aromatic nitrogens is 6. The fraction of sp³-hybridized carbons (Fsp3) is 0.0909. The average Bonchev–Trinajstić information content (AvgIpc) is 3.01. The first-order valence-corrected chi connectivity index (χ1v) is 12.7. The lowest BCUT2D eigenvalue weighted by Gasteiger charge is -1.99. The van der Waals surface area contributed by atoms with E-state index in [1.165, 1.54) is 22.3 Å². The number of hydrogen-bond acceptors (Lipinski definition) is 6. The van der Waals surface area contributed by atoms with E-state index in [0.717, 1.165) is 30.7 Å². The highest BCUT2D eigenvalue weighted by Crippen LogP contribution is 2.07. The van der Waals surface area contributed by atoms with Crippen LogP contribution in [0.4, 0.5) is 0 Å². The predicted molar refractivity (Wildman–Crippen MR) is 154 cm³/mol. The molecule has 6 nitrogen and oxygen atoms in total. The van der Waals surface area contributed by atoms with Gasteiger partial charge in [-0.15, -0.1) is 0 Å². The van der Waals surface area contributed by atoms with Crippen molar-refractivity contribution in [3.8, 4) is 0 Å². The summed E-state index contributed by atoms with van der Waals surface area (Å²) in [7, 11) is 0. The van der Waals surface area contributed by atoms with E-state index in [1.54, 1.807) is 24.8 Å². The van der Waals surface area contributed by atoms with Gasteiger partial charge < -0.3 is 0 Å². The van der Waals surface area contributed by atoms with Crippen molar-refractivity contribution in [2.75, 3.05) is 0 Å². The molecule has 6 rings (SSSR count). The van der Waals surface area contributed by atoms with Crippen LogP contribution in [0.25, 0.3) is 0 Å². The van der Waals surface area contributed by atoms with Crippen molar-refractivity contribution in [3.63, 3.8) is 0 Å². The molecule has 0 fully saturated rings. The summed E-state index contributed by atoms with van der Waals surface area (Å²) in [6.45, 7) is 0. The summed E-state index contributed by atoms with van der Waals surface area (Å²) < 4.78 is 0. The fourth-order valence-electron chi connectivity index (χ4n) is 3.67. The molecule has 0 atom stereocenters. The molecule has 6 aromatic rings. The Balaban J connectivity index is 0.000000136.